The van der Waals surface area contributed by atoms with Crippen molar-refractivity contribution in [1.82, 2.24) is 30.1 Å². The summed E-state index contributed by atoms with van der Waals surface area (Å²) in [4.78, 5) is 18.3. The number of fused-ring (bicyclic) bond motifs is 1. The molecule has 7 nitrogen and oxygen atoms in total. The molecule has 0 radical (unpaired) electrons. The number of halogens is 1. The van der Waals surface area contributed by atoms with Crippen LogP contribution in [0.4, 0.5) is 4.39 Å². The van der Waals surface area contributed by atoms with Crippen molar-refractivity contribution in [3.8, 4) is 0 Å². The smallest absolute Gasteiger partial charge is 0.252 e. The average Bonchev–Trinajstić information content (AvgIpc) is 3.32. The Morgan fingerprint density at radius 2 is 1.83 bits per heavy atom. The molecule has 0 saturated carbocycles. The van der Waals surface area contributed by atoms with E-state index < -0.39 is 0 Å². The number of H-pyrrole nitrogens is 1. The van der Waals surface area contributed by atoms with E-state index in [4.69, 9.17) is 0 Å². The van der Waals surface area contributed by atoms with Crippen molar-refractivity contribution >= 4 is 10.9 Å². The van der Waals surface area contributed by atoms with Crippen LogP contribution in [0.15, 0.2) is 53.3 Å². The molecular formula is C27H33FN6O. The molecule has 0 aliphatic heterocycles. The predicted molar refractivity (Wildman–Crippen MR) is 135 cm³/mol. The van der Waals surface area contributed by atoms with Crippen LogP contribution in [0.3, 0.4) is 0 Å². The topological polar surface area (TPSA) is 79.7 Å². The van der Waals surface area contributed by atoms with Gasteiger partial charge < -0.3 is 4.98 Å². The summed E-state index contributed by atoms with van der Waals surface area (Å²) in [5, 5.41) is 13.7. The van der Waals surface area contributed by atoms with Crippen molar-refractivity contribution in [3.63, 3.8) is 0 Å². The van der Waals surface area contributed by atoms with Gasteiger partial charge in [-0.05, 0) is 85.3 Å². The van der Waals surface area contributed by atoms with E-state index >= 15 is 0 Å². The van der Waals surface area contributed by atoms with Gasteiger partial charge in [-0.3, -0.25) is 9.69 Å². The highest BCUT2D eigenvalue weighted by Crippen LogP contribution is 2.30. The van der Waals surface area contributed by atoms with Crippen molar-refractivity contribution in [1.29, 1.82) is 0 Å². The summed E-state index contributed by atoms with van der Waals surface area (Å²) < 4.78 is 15.5. The van der Waals surface area contributed by atoms with Gasteiger partial charge >= 0.3 is 0 Å². The van der Waals surface area contributed by atoms with Gasteiger partial charge in [-0.2, -0.15) is 0 Å². The van der Waals surface area contributed by atoms with E-state index in [-0.39, 0.29) is 23.0 Å². The summed E-state index contributed by atoms with van der Waals surface area (Å²) in [6, 6.07) is 14.3. The fraction of sp³-hybridized carbons (Fsp3) is 0.407. The third kappa shape index (κ3) is 5.32. The van der Waals surface area contributed by atoms with Gasteiger partial charge in [0.1, 0.15) is 5.82 Å². The molecule has 0 aliphatic rings. The molecule has 1 N–H and O–H groups in total. The van der Waals surface area contributed by atoms with Gasteiger partial charge in [0.05, 0.1) is 11.6 Å². The second-order valence-corrected chi connectivity index (χ2v) is 9.78. The molecule has 0 unspecified atom stereocenters. The van der Waals surface area contributed by atoms with Crippen LogP contribution in [0, 0.1) is 12.7 Å². The number of pyridine rings is 1. The summed E-state index contributed by atoms with van der Waals surface area (Å²) in [5.41, 5.74) is 3.19. The molecule has 0 saturated heterocycles. The number of nitrogens with one attached hydrogen (secondary N) is 1. The molecule has 1 atom stereocenters. The van der Waals surface area contributed by atoms with Gasteiger partial charge in [0.2, 0.25) is 0 Å². The Morgan fingerprint density at radius 1 is 1.09 bits per heavy atom. The van der Waals surface area contributed by atoms with Crippen molar-refractivity contribution in [3.05, 3.63) is 87.2 Å². The molecule has 0 amide bonds. The number of aryl methyl sites for hydroxylation is 1. The first-order valence-electron chi connectivity index (χ1n) is 12.1. The Bertz CT molecular complexity index is 1360. The minimum Gasteiger partial charge on any atom is -0.322 e. The maximum Gasteiger partial charge on any atom is 0.252 e. The maximum atomic E-state index is 13.6. The first-order chi connectivity index (χ1) is 16.7. The van der Waals surface area contributed by atoms with Crippen LogP contribution >= 0.6 is 0 Å². The van der Waals surface area contributed by atoms with Gasteiger partial charge in [0, 0.05) is 24.2 Å². The van der Waals surface area contributed by atoms with Crippen LogP contribution in [-0.2, 0) is 18.6 Å². The quantitative estimate of drug-likeness (QED) is 0.356. The van der Waals surface area contributed by atoms with Crippen molar-refractivity contribution in [2.75, 3.05) is 0 Å². The molecule has 8 heteroatoms. The summed E-state index contributed by atoms with van der Waals surface area (Å²) in [6.45, 7) is 11.4. The van der Waals surface area contributed by atoms with Crippen molar-refractivity contribution in [2.45, 2.75) is 72.1 Å². The molecule has 184 valence electrons. The van der Waals surface area contributed by atoms with Crippen molar-refractivity contribution < 1.29 is 4.39 Å². The summed E-state index contributed by atoms with van der Waals surface area (Å²) in [6.07, 6.45) is 1.61. The lowest BCUT2D eigenvalue weighted by Crippen LogP contribution is -2.36. The highest BCUT2D eigenvalue weighted by Gasteiger charge is 2.31. The zero-order valence-corrected chi connectivity index (χ0v) is 21.0. The number of aromatic nitrogens is 5. The average molecular weight is 477 g/mol. The van der Waals surface area contributed by atoms with E-state index in [0.29, 0.717) is 18.7 Å². The van der Waals surface area contributed by atoms with Gasteiger partial charge in [0.25, 0.3) is 5.56 Å². The van der Waals surface area contributed by atoms with E-state index in [9.17, 15) is 9.18 Å². The molecule has 0 aliphatic carbocycles. The maximum absolute atomic E-state index is 13.6. The molecule has 4 aromatic rings. The Hall–Kier alpha value is -3.39. The summed E-state index contributed by atoms with van der Waals surface area (Å²) in [7, 11) is 0. The van der Waals surface area contributed by atoms with Gasteiger partial charge in [0.15, 0.2) is 5.82 Å². The third-order valence-electron chi connectivity index (χ3n) is 6.81. The lowest BCUT2D eigenvalue weighted by atomic mass is 10.0. The monoisotopic (exact) mass is 476 g/mol. The zero-order valence-electron chi connectivity index (χ0n) is 21.0. The molecule has 2 aromatic heterocycles. The number of aromatic amines is 1. The minimum atomic E-state index is -0.276. The second kappa shape index (κ2) is 10.1. The molecule has 35 heavy (non-hydrogen) atoms. The Morgan fingerprint density at radius 3 is 2.51 bits per heavy atom. The Balaban J connectivity index is 1.78. The third-order valence-corrected chi connectivity index (χ3v) is 6.81. The van der Waals surface area contributed by atoms with E-state index in [2.05, 4.69) is 59.2 Å². The minimum absolute atomic E-state index is 0.117. The van der Waals surface area contributed by atoms with Crippen LogP contribution in [0.5, 0.6) is 0 Å². The molecule has 0 spiro atoms. The van der Waals surface area contributed by atoms with Crippen LogP contribution in [-0.4, -0.2) is 30.1 Å². The number of benzene rings is 2. The summed E-state index contributed by atoms with van der Waals surface area (Å²) in [5.74, 6) is 0.483. The Labute approximate surface area is 205 Å². The lowest BCUT2D eigenvalue weighted by Gasteiger charge is -2.33. The van der Waals surface area contributed by atoms with Gasteiger partial charge in [-0.1, -0.05) is 37.6 Å². The fourth-order valence-electron chi connectivity index (χ4n) is 4.39. The van der Waals surface area contributed by atoms with Crippen LogP contribution in [0.25, 0.3) is 10.9 Å². The van der Waals surface area contributed by atoms with Crippen LogP contribution in [0.1, 0.15) is 69.1 Å². The first kappa shape index (κ1) is 24.7. The number of hydrogen-bond acceptors (Lipinski definition) is 5. The SMILES string of the molecule is CC[C@@H](c1nnnn1C(C)(C)CC)N(Cc1ccc(F)cc1)Cc1cc2cc(C)ccc2[nH]c1=O. The molecule has 2 aromatic carbocycles. The molecular weight excluding hydrogens is 443 g/mol. The van der Waals surface area contributed by atoms with E-state index in [0.717, 1.165) is 40.7 Å². The molecule has 2 heterocycles. The molecule has 0 bridgehead atoms. The lowest BCUT2D eigenvalue weighted by molar-refractivity contribution is 0.150. The highest BCUT2D eigenvalue weighted by atomic mass is 19.1. The van der Waals surface area contributed by atoms with E-state index in [1.807, 2.05) is 29.8 Å². The highest BCUT2D eigenvalue weighted by molar-refractivity contribution is 5.79. The Kier molecular flexibility index (Phi) is 7.12. The number of hydrogen-bond donors (Lipinski definition) is 1. The second-order valence-electron chi connectivity index (χ2n) is 9.78. The van der Waals surface area contributed by atoms with E-state index in [1.165, 1.54) is 12.1 Å². The van der Waals surface area contributed by atoms with Crippen LogP contribution in [0.2, 0.25) is 0 Å². The zero-order chi connectivity index (χ0) is 25.2. The molecule has 4 rings (SSSR count). The fourth-order valence-corrected chi connectivity index (χ4v) is 4.39. The predicted octanol–water partition coefficient (Wildman–Crippen LogP) is 5.26. The van der Waals surface area contributed by atoms with Gasteiger partial charge in [-0.15, -0.1) is 5.10 Å². The van der Waals surface area contributed by atoms with E-state index in [1.54, 1.807) is 12.1 Å². The molecule has 0 fully saturated rings. The van der Waals surface area contributed by atoms with Crippen LogP contribution < -0.4 is 5.56 Å². The number of tetrazole rings is 1. The first-order valence-corrected chi connectivity index (χ1v) is 12.1. The number of nitrogens with zero attached hydrogens (tertiary/aromatic N) is 5. The largest absolute Gasteiger partial charge is 0.322 e. The van der Waals surface area contributed by atoms with Gasteiger partial charge in [-0.25, -0.2) is 9.07 Å². The normalized spacial score (nSPS) is 13.0. The van der Waals surface area contributed by atoms with Crippen molar-refractivity contribution in [2.24, 2.45) is 0 Å². The standard InChI is InChI=1S/C27H33FN6O/c1-6-24(25-30-31-32-34(25)27(4,5)7-2)33(16-19-9-11-22(28)12-10-19)17-21-15-20-14-18(3)8-13-23(20)29-26(21)35/h8-15,24H,6-7,16-17H2,1-5H3,(H,29,35)/t24-/m0/s1. The summed E-state index contributed by atoms with van der Waals surface area (Å²) >= 11 is 0. The number of rotatable bonds is 9.